The maximum Gasteiger partial charge on any atom is 0.335 e. The SMILES string of the molecule is Cc1ccc(C#CCO)cc1NC(=O)c1ccc(=O)oc1. The Kier molecular flexibility index (Phi) is 4.54. The van der Waals surface area contributed by atoms with Gasteiger partial charge in [0.25, 0.3) is 5.91 Å². The van der Waals surface area contributed by atoms with Gasteiger partial charge in [-0.2, -0.15) is 0 Å². The molecule has 0 aliphatic carbocycles. The summed E-state index contributed by atoms with van der Waals surface area (Å²) in [6, 6.07) is 7.92. The minimum Gasteiger partial charge on any atom is -0.430 e. The van der Waals surface area contributed by atoms with Gasteiger partial charge in [0.15, 0.2) is 0 Å². The maximum absolute atomic E-state index is 12.1. The van der Waals surface area contributed by atoms with Crippen LogP contribution in [0.25, 0.3) is 0 Å². The molecule has 0 unspecified atom stereocenters. The summed E-state index contributed by atoms with van der Waals surface area (Å²) in [5.74, 6) is 4.94. The van der Waals surface area contributed by atoms with Crippen molar-refractivity contribution < 1.29 is 14.3 Å². The summed E-state index contributed by atoms with van der Waals surface area (Å²) in [7, 11) is 0. The van der Waals surface area contributed by atoms with Gasteiger partial charge in [-0.1, -0.05) is 17.9 Å². The van der Waals surface area contributed by atoms with Crippen LogP contribution in [0, 0.1) is 18.8 Å². The molecule has 0 bridgehead atoms. The van der Waals surface area contributed by atoms with Crippen molar-refractivity contribution in [3.8, 4) is 11.8 Å². The van der Waals surface area contributed by atoms with Gasteiger partial charge in [0, 0.05) is 17.3 Å². The Bertz CT molecular complexity index is 760. The van der Waals surface area contributed by atoms with Crippen LogP contribution in [-0.2, 0) is 0 Å². The third kappa shape index (κ3) is 3.81. The molecule has 1 heterocycles. The molecule has 1 aromatic heterocycles. The van der Waals surface area contributed by atoms with Crippen LogP contribution < -0.4 is 10.9 Å². The Morgan fingerprint density at radius 3 is 2.81 bits per heavy atom. The van der Waals surface area contributed by atoms with Crippen molar-refractivity contribution >= 4 is 11.6 Å². The lowest BCUT2D eigenvalue weighted by Crippen LogP contribution is -2.13. The van der Waals surface area contributed by atoms with Crippen molar-refractivity contribution in [1.29, 1.82) is 0 Å². The standard InChI is InChI=1S/C16H13NO4/c1-11-4-5-12(3-2-8-18)9-14(11)17-16(20)13-6-7-15(19)21-10-13/h4-7,9-10,18H,8H2,1H3,(H,17,20). The zero-order chi connectivity index (χ0) is 15.2. The van der Waals surface area contributed by atoms with Crippen LogP contribution >= 0.6 is 0 Å². The molecule has 21 heavy (non-hydrogen) atoms. The zero-order valence-corrected chi connectivity index (χ0v) is 11.3. The second kappa shape index (κ2) is 6.55. The highest BCUT2D eigenvalue weighted by Crippen LogP contribution is 2.17. The number of rotatable bonds is 2. The smallest absolute Gasteiger partial charge is 0.335 e. The number of carbonyl (C=O) groups is 1. The fraction of sp³-hybridized carbons (Fsp3) is 0.125. The van der Waals surface area contributed by atoms with E-state index in [0.29, 0.717) is 11.3 Å². The number of hydrogen-bond donors (Lipinski definition) is 2. The Labute approximate surface area is 121 Å². The number of carbonyl (C=O) groups excluding carboxylic acids is 1. The average Bonchev–Trinajstić information content (AvgIpc) is 2.48. The van der Waals surface area contributed by atoms with E-state index >= 15 is 0 Å². The van der Waals surface area contributed by atoms with E-state index in [9.17, 15) is 9.59 Å². The molecule has 1 aromatic carbocycles. The van der Waals surface area contributed by atoms with Crippen molar-refractivity contribution in [3.63, 3.8) is 0 Å². The minimum absolute atomic E-state index is 0.224. The molecule has 0 aliphatic heterocycles. The molecule has 0 fully saturated rings. The van der Waals surface area contributed by atoms with Gasteiger partial charge in [-0.15, -0.1) is 0 Å². The molecule has 2 rings (SSSR count). The quantitative estimate of drug-likeness (QED) is 0.819. The normalized spacial score (nSPS) is 9.62. The lowest BCUT2D eigenvalue weighted by atomic mass is 10.1. The molecule has 0 radical (unpaired) electrons. The van der Waals surface area contributed by atoms with Crippen LogP contribution in [-0.4, -0.2) is 17.6 Å². The average molecular weight is 283 g/mol. The van der Waals surface area contributed by atoms with Gasteiger partial charge < -0.3 is 14.8 Å². The van der Waals surface area contributed by atoms with Crippen LogP contribution in [0.4, 0.5) is 5.69 Å². The van der Waals surface area contributed by atoms with Gasteiger partial charge in [-0.05, 0) is 30.7 Å². The van der Waals surface area contributed by atoms with E-state index in [2.05, 4.69) is 21.6 Å². The van der Waals surface area contributed by atoms with Crippen LogP contribution in [0.2, 0.25) is 0 Å². The molecule has 0 saturated carbocycles. The van der Waals surface area contributed by atoms with Crippen LogP contribution in [0.3, 0.4) is 0 Å². The number of aryl methyl sites for hydroxylation is 1. The van der Waals surface area contributed by atoms with Gasteiger partial charge in [-0.25, -0.2) is 4.79 Å². The summed E-state index contributed by atoms with van der Waals surface area (Å²) in [5, 5.41) is 11.4. The third-order valence-corrected chi connectivity index (χ3v) is 2.76. The van der Waals surface area contributed by atoms with Crippen molar-refractivity contribution in [2.24, 2.45) is 0 Å². The van der Waals surface area contributed by atoms with Gasteiger partial charge >= 0.3 is 5.63 Å². The fourth-order valence-electron chi connectivity index (χ4n) is 1.66. The lowest BCUT2D eigenvalue weighted by Gasteiger charge is -2.08. The lowest BCUT2D eigenvalue weighted by molar-refractivity contribution is 0.102. The van der Waals surface area contributed by atoms with E-state index in [1.807, 2.05) is 13.0 Å². The minimum atomic E-state index is -0.510. The van der Waals surface area contributed by atoms with Gasteiger partial charge in [0.2, 0.25) is 0 Å². The first-order valence-electron chi connectivity index (χ1n) is 6.21. The molecule has 5 heteroatoms. The molecule has 0 spiro atoms. The summed E-state index contributed by atoms with van der Waals surface area (Å²) in [6.45, 7) is 1.63. The molecule has 2 N–H and O–H groups in total. The maximum atomic E-state index is 12.1. The van der Waals surface area contributed by atoms with E-state index in [4.69, 9.17) is 5.11 Å². The van der Waals surface area contributed by atoms with E-state index < -0.39 is 5.63 Å². The van der Waals surface area contributed by atoms with Gasteiger partial charge in [0.05, 0.1) is 5.56 Å². The second-order valence-electron chi connectivity index (χ2n) is 4.29. The topological polar surface area (TPSA) is 79.5 Å². The second-order valence-corrected chi connectivity index (χ2v) is 4.29. The number of aliphatic hydroxyl groups excluding tert-OH is 1. The first-order valence-corrected chi connectivity index (χ1v) is 6.21. The van der Waals surface area contributed by atoms with E-state index in [1.165, 1.54) is 12.1 Å². The summed E-state index contributed by atoms with van der Waals surface area (Å²) < 4.78 is 4.66. The molecule has 1 amide bonds. The highest BCUT2D eigenvalue weighted by atomic mass is 16.4. The first-order chi connectivity index (χ1) is 10.1. The molecule has 0 atom stereocenters. The number of nitrogens with one attached hydrogen (secondary N) is 1. The Morgan fingerprint density at radius 2 is 2.14 bits per heavy atom. The highest BCUT2D eigenvalue weighted by molar-refractivity contribution is 6.04. The number of aliphatic hydroxyl groups is 1. The largest absolute Gasteiger partial charge is 0.430 e. The third-order valence-electron chi connectivity index (χ3n) is 2.76. The summed E-state index contributed by atoms with van der Waals surface area (Å²) >= 11 is 0. The predicted molar refractivity (Wildman–Crippen MR) is 78.1 cm³/mol. The monoisotopic (exact) mass is 283 g/mol. The molecule has 0 saturated heterocycles. The zero-order valence-electron chi connectivity index (χ0n) is 11.3. The molecular formula is C16H13NO4. The van der Waals surface area contributed by atoms with Crippen molar-refractivity contribution in [2.45, 2.75) is 6.92 Å². The number of amides is 1. The number of benzene rings is 1. The fourth-order valence-corrected chi connectivity index (χ4v) is 1.66. The molecule has 0 aliphatic rings. The van der Waals surface area contributed by atoms with Crippen molar-refractivity contribution in [1.82, 2.24) is 0 Å². The van der Waals surface area contributed by atoms with Gasteiger partial charge in [-0.3, -0.25) is 4.79 Å². The molecule has 106 valence electrons. The Morgan fingerprint density at radius 1 is 1.33 bits per heavy atom. The highest BCUT2D eigenvalue weighted by Gasteiger charge is 2.09. The van der Waals surface area contributed by atoms with Crippen LogP contribution in [0.15, 0.2) is 45.8 Å². The predicted octanol–water partition coefficient (Wildman–Crippen LogP) is 1.54. The van der Waals surface area contributed by atoms with Crippen LogP contribution in [0.1, 0.15) is 21.5 Å². The first kappa shape index (κ1) is 14.6. The molecular weight excluding hydrogens is 270 g/mol. The van der Waals surface area contributed by atoms with Crippen molar-refractivity contribution in [3.05, 3.63) is 63.7 Å². The summed E-state index contributed by atoms with van der Waals surface area (Å²) in [5.41, 5.74) is 1.90. The van der Waals surface area contributed by atoms with Crippen LogP contribution in [0.5, 0.6) is 0 Å². The van der Waals surface area contributed by atoms with E-state index in [1.54, 1.807) is 12.1 Å². The Balaban J connectivity index is 2.24. The van der Waals surface area contributed by atoms with E-state index in [0.717, 1.165) is 11.8 Å². The van der Waals surface area contributed by atoms with Crippen molar-refractivity contribution in [2.75, 3.05) is 11.9 Å². The summed E-state index contributed by atoms with van der Waals surface area (Å²) in [6.07, 6.45) is 1.11. The molecule has 2 aromatic rings. The summed E-state index contributed by atoms with van der Waals surface area (Å²) in [4.78, 5) is 22.9. The number of hydrogen-bond acceptors (Lipinski definition) is 4. The van der Waals surface area contributed by atoms with Gasteiger partial charge in [0.1, 0.15) is 12.9 Å². The Hall–Kier alpha value is -2.84. The van der Waals surface area contributed by atoms with E-state index in [-0.39, 0.29) is 18.1 Å². The molecule has 5 nitrogen and oxygen atoms in total. The number of anilines is 1.